The molecule has 0 aliphatic heterocycles. The van der Waals surface area contributed by atoms with E-state index >= 15 is 0 Å². The van der Waals surface area contributed by atoms with Gasteiger partial charge in [-0.1, -0.05) is 6.92 Å². The van der Waals surface area contributed by atoms with Gasteiger partial charge in [0.2, 0.25) is 0 Å². The maximum absolute atomic E-state index is 10.4. The van der Waals surface area contributed by atoms with Gasteiger partial charge < -0.3 is 10.2 Å². The molecule has 2 nitrogen and oxygen atoms in total. The van der Waals surface area contributed by atoms with E-state index in [4.69, 9.17) is 0 Å². The van der Waals surface area contributed by atoms with E-state index in [0.717, 1.165) is 23.7 Å². The number of fused-ring (bicyclic) bond motifs is 5. The lowest BCUT2D eigenvalue weighted by molar-refractivity contribution is -0.0226. The smallest absolute Gasteiger partial charge is 0.130 e. The molecule has 3 aliphatic carbocycles. The third-order valence-electron chi connectivity index (χ3n) is 6.74. The van der Waals surface area contributed by atoms with Gasteiger partial charge in [-0.05, 0) is 101 Å². The number of hydrogen-bond acceptors (Lipinski definition) is 2. The minimum absolute atomic E-state index is 0.101. The van der Waals surface area contributed by atoms with Crippen LogP contribution in [0.2, 0.25) is 0 Å². The number of hydrogen-bond donors (Lipinski definition) is 2. The summed E-state index contributed by atoms with van der Waals surface area (Å²) < 4.78 is 0.821. The lowest BCUT2D eigenvalue weighted by Gasteiger charge is -2.50. The van der Waals surface area contributed by atoms with E-state index < -0.39 is 0 Å². The Morgan fingerprint density at radius 1 is 1.19 bits per heavy atom. The highest BCUT2D eigenvalue weighted by Crippen LogP contribution is 2.61. The first-order chi connectivity index (χ1) is 10.0. The highest BCUT2D eigenvalue weighted by Gasteiger charge is 2.54. The molecule has 1 aromatic carbocycles. The standard InChI is InChI=1S/C18H23BrO2/c1-18-7-6-11-12(14(18)4-5-17(18)21)3-2-10-8-16(20)15(19)9-13(10)11/h8-9,11-12,14,17,20-21H,2-7H2,1H3/t11-,12-,14+,17+,18-/m0/s1. The van der Waals surface area contributed by atoms with Crippen molar-refractivity contribution in [3.63, 3.8) is 0 Å². The Bertz CT molecular complexity index is 585. The molecule has 0 aromatic heterocycles. The van der Waals surface area contributed by atoms with Crippen LogP contribution >= 0.6 is 15.9 Å². The molecule has 21 heavy (non-hydrogen) atoms. The molecule has 0 radical (unpaired) electrons. The second kappa shape index (κ2) is 4.73. The van der Waals surface area contributed by atoms with Crippen molar-refractivity contribution in [2.75, 3.05) is 0 Å². The fraction of sp³-hybridized carbons (Fsp3) is 0.667. The molecule has 2 fully saturated rings. The summed E-state index contributed by atoms with van der Waals surface area (Å²) in [6, 6.07) is 4.10. The van der Waals surface area contributed by atoms with E-state index in [-0.39, 0.29) is 11.5 Å². The number of benzene rings is 1. The van der Waals surface area contributed by atoms with Crippen LogP contribution in [0.25, 0.3) is 0 Å². The van der Waals surface area contributed by atoms with E-state index in [0.29, 0.717) is 23.5 Å². The van der Waals surface area contributed by atoms with Crippen molar-refractivity contribution < 1.29 is 10.2 Å². The van der Waals surface area contributed by atoms with Crippen LogP contribution in [0, 0.1) is 17.3 Å². The number of rotatable bonds is 0. The third-order valence-corrected chi connectivity index (χ3v) is 7.38. The Hall–Kier alpha value is -0.540. The first-order valence-corrected chi connectivity index (χ1v) is 8.99. The summed E-state index contributed by atoms with van der Waals surface area (Å²) in [7, 11) is 0. The third kappa shape index (κ3) is 1.93. The number of aryl methyl sites for hydroxylation is 1. The fourth-order valence-electron chi connectivity index (χ4n) is 5.55. The van der Waals surface area contributed by atoms with Crippen molar-refractivity contribution in [1.82, 2.24) is 0 Å². The van der Waals surface area contributed by atoms with Crippen LogP contribution in [-0.4, -0.2) is 16.3 Å². The second-order valence-electron chi connectivity index (χ2n) is 7.56. The van der Waals surface area contributed by atoms with Crippen LogP contribution in [0.3, 0.4) is 0 Å². The molecule has 114 valence electrons. The van der Waals surface area contributed by atoms with Gasteiger partial charge in [-0.25, -0.2) is 0 Å². The summed E-state index contributed by atoms with van der Waals surface area (Å²) in [6.07, 6.45) is 6.67. The summed E-state index contributed by atoms with van der Waals surface area (Å²) in [5.41, 5.74) is 2.92. The highest BCUT2D eigenvalue weighted by atomic mass is 79.9. The van der Waals surface area contributed by atoms with Gasteiger partial charge in [0.1, 0.15) is 5.75 Å². The first-order valence-electron chi connectivity index (χ1n) is 8.20. The molecule has 0 unspecified atom stereocenters. The maximum atomic E-state index is 10.4. The molecular formula is C18H23BrO2. The SMILES string of the molecule is C[C@]12CC[C@@H]3c4cc(Br)c(O)cc4CC[C@@H]3[C@H]1CC[C@H]2O. The molecule has 2 saturated carbocycles. The molecule has 0 bridgehead atoms. The van der Waals surface area contributed by atoms with Gasteiger partial charge in [-0.2, -0.15) is 0 Å². The Balaban J connectivity index is 1.73. The van der Waals surface area contributed by atoms with Crippen LogP contribution in [0.15, 0.2) is 16.6 Å². The molecule has 0 saturated heterocycles. The molecule has 5 atom stereocenters. The quantitative estimate of drug-likeness (QED) is 0.729. The lowest BCUT2D eigenvalue weighted by Crippen LogP contribution is -2.43. The predicted molar refractivity (Wildman–Crippen MR) is 86.4 cm³/mol. The van der Waals surface area contributed by atoms with Gasteiger partial charge in [-0.15, -0.1) is 0 Å². The average molecular weight is 351 g/mol. The largest absolute Gasteiger partial charge is 0.507 e. The maximum Gasteiger partial charge on any atom is 0.130 e. The van der Waals surface area contributed by atoms with Crippen molar-refractivity contribution >= 4 is 15.9 Å². The van der Waals surface area contributed by atoms with E-state index in [1.165, 1.54) is 30.4 Å². The van der Waals surface area contributed by atoms with Gasteiger partial charge in [-0.3, -0.25) is 0 Å². The Kier molecular flexibility index (Phi) is 3.17. The average Bonchev–Trinajstić information content (AvgIpc) is 2.76. The number of halogens is 1. The minimum Gasteiger partial charge on any atom is -0.507 e. The zero-order chi connectivity index (χ0) is 14.8. The predicted octanol–water partition coefficient (Wildman–Crippen LogP) is 4.37. The Morgan fingerprint density at radius 3 is 2.81 bits per heavy atom. The van der Waals surface area contributed by atoms with Crippen LogP contribution in [0.5, 0.6) is 5.75 Å². The van der Waals surface area contributed by atoms with Crippen molar-refractivity contribution in [3.05, 3.63) is 27.7 Å². The Labute approximate surface area is 134 Å². The number of aliphatic hydroxyl groups excluding tert-OH is 1. The fourth-order valence-corrected chi connectivity index (χ4v) is 5.91. The summed E-state index contributed by atoms with van der Waals surface area (Å²) in [4.78, 5) is 0. The van der Waals surface area contributed by atoms with Crippen molar-refractivity contribution in [2.45, 2.75) is 57.5 Å². The van der Waals surface area contributed by atoms with Gasteiger partial charge in [0.05, 0.1) is 10.6 Å². The molecule has 4 rings (SSSR count). The summed E-state index contributed by atoms with van der Waals surface area (Å²) in [5.74, 6) is 2.37. The normalized spacial score (nSPS) is 41.3. The lowest BCUT2D eigenvalue weighted by atomic mass is 9.55. The van der Waals surface area contributed by atoms with Crippen LogP contribution in [-0.2, 0) is 6.42 Å². The number of phenols is 1. The summed E-state index contributed by atoms with van der Waals surface area (Å²) in [5, 5.41) is 20.3. The number of aromatic hydroxyl groups is 1. The monoisotopic (exact) mass is 350 g/mol. The Morgan fingerprint density at radius 2 is 2.00 bits per heavy atom. The van der Waals surface area contributed by atoms with Crippen LogP contribution in [0.4, 0.5) is 0 Å². The summed E-state index contributed by atoms with van der Waals surface area (Å²) >= 11 is 3.48. The van der Waals surface area contributed by atoms with Gasteiger partial charge >= 0.3 is 0 Å². The van der Waals surface area contributed by atoms with Crippen molar-refractivity contribution in [3.8, 4) is 5.75 Å². The van der Waals surface area contributed by atoms with Crippen LogP contribution < -0.4 is 0 Å². The zero-order valence-electron chi connectivity index (χ0n) is 12.5. The van der Waals surface area contributed by atoms with Gasteiger partial charge in [0, 0.05) is 0 Å². The molecule has 2 N–H and O–H groups in total. The first kappa shape index (κ1) is 14.1. The summed E-state index contributed by atoms with van der Waals surface area (Å²) in [6.45, 7) is 2.31. The number of aliphatic hydroxyl groups is 1. The molecule has 3 aliphatic rings. The number of phenolic OH excluding ortho intramolecular Hbond substituents is 1. The van der Waals surface area contributed by atoms with Crippen LogP contribution in [0.1, 0.15) is 56.1 Å². The minimum atomic E-state index is -0.101. The molecule has 0 amide bonds. The second-order valence-corrected chi connectivity index (χ2v) is 8.41. The van der Waals surface area contributed by atoms with E-state index in [1.54, 1.807) is 0 Å². The van der Waals surface area contributed by atoms with E-state index in [1.807, 2.05) is 6.07 Å². The van der Waals surface area contributed by atoms with Gasteiger partial charge in [0.25, 0.3) is 0 Å². The van der Waals surface area contributed by atoms with Crippen molar-refractivity contribution in [1.29, 1.82) is 0 Å². The molecular weight excluding hydrogens is 328 g/mol. The molecule has 0 heterocycles. The molecule has 3 heteroatoms. The highest BCUT2D eigenvalue weighted by molar-refractivity contribution is 9.10. The molecule has 0 spiro atoms. The zero-order valence-corrected chi connectivity index (χ0v) is 14.1. The molecule has 1 aromatic rings. The van der Waals surface area contributed by atoms with E-state index in [9.17, 15) is 10.2 Å². The topological polar surface area (TPSA) is 40.5 Å². The van der Waals surface area contributed by atoms with Gasteiger partial charge in [0.15, 0.2) is 0 Å². The van der Waals surface area contributed by atoms with E-state index in [2.05, 4.69) is 28.9 Å². The van der Waals surface area contributed by atoms with Crippen molar-refractivity contribution in [2.24, 2.45) is 17.3 Å².